The molecule has 0 aliphatic heterocycles. The van der Waals surface area contributed by atoms with Crippen LogP contribution in [0.3, 0.4) is 0 Å². The van der Waals surface area contributed by atoms with E-state index in [9.17, 15) is 8.42 Å². The molecule has 0 amide bonds. The predicted octanol–water partition coefficient (Wildman–Crippen LogP) is 6.40. The van der Waals surface area contributed by atoms with Crippen molar-refractivity contribution in [2.45, 2.75) is 18.8 Å². The van der Waals surface area contributed by atoms with Crippen molar-refractivity contribution in [2.24, 2.45) is 0 Å². The fourth-order valence-electron chi connectivity index (χ4n) is 3.07. The Bertz CT molecular complexity index is 1280. The van der Waals surface area contributed by atoms with Gasteiger partial charge in [-0.3, -0.25) is 14.2 Å². The van der Waals surface area contributed by atoms with E-state index in [2.05, 4.69) is 48.5 Å². The number of hydrogen-bond donors (Lipinski definition) is 0. The Kier molecular flexibility index (Phi) is 9.39. The number of nitrogens with zero attached hydrogens (tertiary/aromatic N) is 2. The first-order valence-electron chi connectivity index (χ1n) is 10.8. The minimum atomic E-state index is -3.44. The molecular formula is C27H28N2O3S2. The van der Waals surface area contributed by atoms with Gasteiger partial charge in [0.1, 0.15) is 6.61 Å². The van der Waals surface area contributed by atoms with Crippen LogP contribution in [0.4, 0.5) is 0 Å². The van der Waals surface area contributed by atoms with Gasteiger partial charge >= 0.3 is 0 Å². The van der Waals surface area contributed by atoms with Crippen molar-refractivity contribution >= 4 is 21.9 Å². The fourth-order valence-corrected chi connectivity index (χ4v) is 3.77. The molecule has 0 saturated carbocycles. The second-order valence-electron chi connectivity index (χ2n) is 7.54. The number of aromatic nitrogens is 2. The quantitative estimate of drug-likeness (QED) is 0.278. The lowest BCUT2D eigenvalue weighted by molar-refractivity contribution is 0.307. The summed E-state index contributed by atoms with van der Waals surface area (Å²) in [6.07, 6.45) is 3.13. The molecule has 4 aromatic rings. The van der Waals surface area contributed by atoms with Crippen molar-refractivity contribution in [1.29, 1.82) is 0 Å². The van der Waals surface area contributed by atoms with Gasteiger partial charge in [-0.25, -0.2) is 0 Å². The van der Waals surface area contributed by atoms with Gasteiger partial charge in [-0.1, -0.05) is 72.8 Å². The average Bonchev–Trinajstić information content (AvgIpc) is 2.88. The maximum absolute atomic E-state index is 10.9. The first kappa shape index (κ1) is 25.6. The van der Waals surface area contributed by atoms with Gasteiger partial charge in [0, 0.05) is 16.4 Å². The highest BCUT2D eigenvalue weighted by molar-refractivity contribution is 7.98. The number of thioether (sulfide) groups is 1. The molecule has 2 aromatic heterocycles. The lowest BCUT2D eigenvalue weighted by Gasteiger charge is -2.09. The Morgan fingerprint density at radius 2 is 1.29 bits per heavy atom. The van der Waals surface area contributed by atoms with Gasteiger partial charge in [-0.2, -0.15) is 20.2 Å². The molecular weight excluding hydrogens is 464 g/mol. The van der Waals surface area contributed by atoms with Crippen LogP contribution in [0.1, 0.15) is 23.6 Å². The summed E-state index contributed by atoms with van der Waals surface area (Å²) in [7, 11) is -3.44. The summed E-state index contributed by atoms with van der Waals surface area (Å²) in [5.41, 5.74) is 5.75. The summed E-state index contributed by atoms with van der Waals surface area (Å²) >= 11 is 1.82. The van der Waals surface area contributed by atoms with Crippen molar-refractivity contribution in [3.8, 4) is 22.5 Å². The second-order valence-corrected chi connectivity index (χ2v) is 10.4. The van der Waals surface area contributed by atoms with Gasteiger partial charge in [-0.05, 0) is 37.4 Å². The van der Waals surface area contributed by atoms with Crippen molar-refractivity contribution in [3.63, 3.8) is 0 Å². The van der Waals surface area contributed by atoms with Crippen LogP contribution < -0.4 is 0 Å². The molecule has 1 unspecified atom stereocenters. The lowest BCUT2D eigenvalue weighted by Crippen LogP contribution is -2.04. The van der Waals surface area contributed by atoms with Crippen molar-refractivity contribution in [2.75, 3.05) is 12.5 Å². The Morgan fingerprint density at radius 3 is 1.82 bits per heavy atom. The standard InChI is InChI=1S/C14H15NS.C13H13NO3S/c1-11(16-2)13-9-6-10-14(15-13)12-7-4-3-5-8-12;1-18(15,16)17-10-12-8-5-9-13(14-12)11-6-3-2-4-7-11/h3-11H,1-2H3;2-9H,10H2,1H3. The number of pyridine rings is 2. The van der Waals surface area contributed by atoms with Crippen LogP contribution in [0.5, 0.6) is 0 Å². The maximum Gasteiger partial charge on any atom is 0.264 e. The van der Waals surface area contributed by atoms with Crippen LogP contribution in [0.2, 0.25) is 0 Å². The van der Waals surface area contributed by atoms with E-state index in [-0.39, 0.29) is 6.61 Å². The van der Waals surface area contributed by atoms with E-state index in [0.717, 1.165) is 28.9 Å². The molecule has 2 aromatic carbocycles. The summed E-state index contributed by atoms with van der Waals surface area (Å²) in [6, 6.07) is 31.7. The van der Waals surface area contributed by atoms with E-state index in [4.69, 9.17) is 9.17 Å². The highest BCUT2D eigenvalue weighted by Gasteiger charge is 2.07. The number of benzene rings is 2. The monoisotopic (exact) mass is 492 g/mol. The molecule has 4 rings (SSSR count). The minimum absolute atomic E-state index is 0.0422. The van der Waals surface area contributed by atoms with E-state index in [1.807, 2.05) is 72.4 Å². The molecule has 176 valence electrons. The van der Waals surface area contributed by atoms with Crippen LogP contribution in [-0.4, -0.2) is 30.9 Å². The fraction of sp³-hybridized carbons (Fsp3) is 0.185. The molecule has 2 heterocycles. The Balaban J connectivity index is 0.000000192. The van der Waals surface area contributed by atoms with Gasteiger partial charge in [-0.15, -0.1) is 0 Å². The Labute approximate surface area is 206 Å². The summed E-state index contributed by atoms with van der Waals surface area (Å²) < 4.78 is 26.5. The maximum atomic E-state index is 10.9. The van der Waals surface area contributed by atoms with Crippen LogP contribution in [0.15, 0.2) is 97.1 Å². The zero-order valence-electron chi connectivity index (χ0n) is 19.5. The van der Waals surface area contributed by atoms with E-state index in [0.29, 0.717) is 10.9 Å². The molecule has 0 aliphatic carbocycles. The summed E-state index contributed by atoms with van der Waals surface area (Å²) in [6.45, 7) is 2.14. The Morgan fingerprint density at radius 1 is 0.765 bits per heavy atom. The van der Waals surface area contributed by atoms with E-state index < -0.39 is 10.1 Å². The van der Waals surface area contributed by atoms with Gasteiger partial charge in [0.15, 0.2) is 0 Å². The highest BCUT2D eigenvalue weighted by atomic mass is 32.2. The SMILES string of the molecule is CS(=O)(=O)OCc1cccc(-c2ccccc2)n1.CSC(C)c1cccc(-c2ccccc2)n1. The van der Waals surface area contributed by atoms with Gasteiger partial charge in [0.2, 0.25) is 0 Å². The lowest BCUT2D eigenvalue weighted by atomic mass is 10.1. The Hall–Kier alpha value is -3.00. The second kappa shape index (κ2) is 12.5. The van der Waals surface area contributed by atoms with Gasteiger partial charge in [0.05, 0.1) is 29.0 Å². The normalized spacial score (nSPS) is 11.9. The molecule has 7 heteroatoms. The third-order valence-electron chi connectivity index (χ3n) is 4.91. The molecule has 5 nitrogen and oxygen atoms in total. The zero-order valence-corrected chi connectivity index (χ0v) is 21.1. The van der Waals surface area contributed by atoms with Crippen molar-refractivity contribution in [3.05, 3.63) is 108 Å². The third-order valence-corrected chi connectivity index (χ3v) is 6.40. The van der Waals surface area contributed by atoms with E-state index >= 15 is 0 Å². The molecule has 0 bridgehead atoms. The first-order chi connectivity index (χ1) is 16.4. The molecule has 0 saturated heterocycles. The molecule has 0 radical (unpaired) electrons. The molecule has 0 N–H and O–H groups in total. The average molecular weight is 493 g/mol. The van der Waals surface area contributed by atoms with Crippen LogP contribution >= 0.6 is 11.8 Å². The first-order valence-corrected chi connectivity index (χ1v) is 13.9. The van der Waals surface area contributed by atoms with Crippen LogP contribution in [0, 0.1) is 0 Å². The van der Waals surface area contributed by atoms with Crippen molar-refractivity contribution < 1.29 is 12.6 Å². The van der Waals surface area contributed by atoms with E-state index in [1.54, 1.807) is 6.07 Å². The number of rotatable bonds is 7. The largest absolute Gasteiger partial charge is 0.264 e. The summed E-state index contributed by atoms with van der Waals surface area (Å²) in [5, 5.41) is 0.448. The van der Waals surface area contributed by atoms with Gasteiger partial charge < -0.3 is 0 Å². The molecule has 1 atom stereocenters. The predicted molar refractivity (Wildman–Crippen MR) is 141 cm³/mol. The third kappa shape index (κ3) is 8.09. The van der Waals surface area contributed by atoms with Crippen molar-refractivity contribution in [1.82, 2.24) is 9.97 Å². The zero-order chi connectivity index (χ0) is 24.4. The molecule has 34 heavy (non-hydrogen) atoms. The number of hydrogen-bond acceptors (Lipinski definition) is 6. The molecule has 0 fully saturated rings. The topological polar surface area (TPSA) is 69.2 Å². The summed E-state index contributed by atoms with van der Waals surface area (Å²) in [4.78, 5) is 9.05. The molecule has 0 spiro atoms. The smallest absolute Gasteiger partial charge is 0.264 e. The molecule has 0 aliphatic rings. The van der Waals surface area contributed by atoms with Crippen LogP contribution in [-0.2, 0) is 20.9 Å². The van der Waals surface area contributed by atoms with E-state index in [1.165, 1.54) is 5.56 Å². The van der Waals surface area contributed by atoms with Gasteiger partial charge in [0.25, 0.3) is 10.1 Å². The summed E-state index contributed by atoms with van der Waals surface area (Å²) in [5.74, 6) is 0. The van der Waals surface area contributed by atoms with Crippen LogP contribution in [0.25, 0.3) is 22.5 Å². The minimum Gasteiger partial charge on any atom is -0.264 e. The highest BCUT2D eigenvalue weighted by Crippen LogP contribution is 2.26.